The zero-order chi connectivity index (χ0) is 13.0. The minimum absolute atomic E-state index is 0.165. The minimum atomic E-state index is 0.165. The van der Waals surface area contributed by atoms with Gasteiger partial charge in [-0.05, 0) is 31.4 Å². The zero-order valence-electron chi connectivity index (χ0n) is 11.3. The van der Waals surface area contributed by atoms with Gasteiger partial charge < -0.3 is 5.32 Å². The third kappa shape index (κ3) is 2.86. The van der Waals surface area contributed by atoms with Crippen molar-refractivity contribution in [2.45, 2.75) is 45.2 Å². The molecule has 98 valence electrons. The Bertz CT molecular complexity index is 412. The van der Waals surface area contributed by atoms with Gasteiger partial charge in [0.25, 0.3) is 0 Å². The summed E-state index contributed by atoms with van der Waals surface area (Å²) in [5.41, 5.74) is 1.41. The number of aromatic nitrogens is 1. The highest BCUT2D eigenvalue weighted by Crippen LogP contribution is 2.30. The molecule has 4 heteroatoms. The molecule has 0 radical (unpaired) electrons. The molecule has 1 N–H and O–H groups in total. The minimum Gasteiger partial charge on any atom is -0.359 e. The number of aliphatic imine (C=N–C) groups is 1. The number of rotatable bonds is 4. The van der Waals surface area contributed by atoms with E-state index >= 15 is 0 Å². The van der Waals surface area contributed by atoms with E-state index in [1.165, 1.54) is 0 Å². The maximum absolute atomic E-state index is 4.77. The van der Waals surface area contributed by atoms with E-state index in [0.717, 1.165) is 29.3 Å². The van der Waals surface area contributed by atoms with Crippen LogP contribution in [0.5, 0.6) is 0 Å². The van der Waals surface area contributed by atoms with Gasteiger partial charge in [-0.1, -0.05) is 31.7 Å². The molecular formula is C14H21N3S. The number of thioether (sulfide) groups is 1. The summed E-state index contributed by atoms with van der Waals surface area (Å²) >= 11 is 1.84. The van der Waals surface area contributed by atoms with E-state index in [0.29, 0.717) is 0 Å². The Morgan fingerprint density at radius 2 is 2.28 bits per heavy atom. The van der Waals surface area contributed by atoms with E-state index in [1.807, 2.05) is 24.0 Å². The predicted octanol–water partition coefficient (Wildman–Crippen LogP) is 3.39. The summed E-state index contributed by atoms with van der Waals surface area (Å²) in [5.74, 6) is 1.12. The van der Waals surface area contributed by atoms with Gasteiger partial charge in [-0.15, -0.1) is 0 Å². The van der Waals surface area contributed by atoms with Crippen LogP contribution in [0.2, 0.25) is 0 Å². The molecule has 2 rings (SSSR count). The SMILES string of the molecule is CCC1(CC)CSC(=NC(C)c2cccnc2)N1. The van der Waals surface area contributed by atoms with Gasteiger partial charge in [0.05, 0.1) is 6.04 Å². The third-order valence-electron chi connectivity index (χ3n) is 3.69. The third-order valence-corrected chi connectivity index (χ3v) is 4.87. The highest BCUT2D eigenvalue weighted by molar-refractivity contribution is 8.14. The summed E-state index contributed by atoms with van der Waals surface area (Å²) in [7, 11) is 0. The van der Waals surface area contributed by atoms with Crippen molar-refractivity contribution in [2.24, 2.45) is 4.99 Å². The van der Waals surface area contributed by atoms with E-state index in [9.17, 15) is 0 Å². The normalized spacial score (nSPS) is 21.8. The quantitative estimate of drug-likeness (QED) is 0.904. The lowest BCUT2D eigenvalue weighted by molar-refractivity contribution is 0.407. The lowest BCUT2D eigenvalue weighted by atomic mass is 9.96. The van der Waals surface area contributed by atoms with Crippen LogP contribution in [0, 0.1) is 0 Å². The molecule has 0 amide bonds. The van der Waals surface area contributed by atoms with Gasteiger partial charge in [0.1, 0.15) is 0 Å². The van der Waals surface area contributed by atoms with E-state index in [4.69, 9.17) is 4.99 Å². The zero-order valence-corrected chi connectivity index (χ0v) is 12.1. The largest absolute Gasteiger partial charge is 0.359 e. The molecule has 2 heterocycles. The van der Waals surface area contributed by atoms with Crippen molar-refractivity contribution in [2.75, 3.05) is 5.75 Å². The average Bonchev–Trinajstić information content (AvgIpc) is 2.84. The van der Waals surface area contributed by atoms with Gasteiger partial charge >= 0.3 is 0 Å². The second-order valence-corrected chi connectivity index (χ2v) is 5.76. The van der Waals surface area contributed by atoms with Gasteiger partial charge in [0.2, 0.25) is 0 Å². The fourth-order valence-corrected chi connectivity index (χ4v) is 3.49. The first-order valence-corrected chi connectivity index (χ1v) is 7.56. The van der Waals surface area contributed by atoms with Gasteiger partial charge in [-0.25, -0.2) is 0 Å². The fraction of sp³-hybridized carbons (Fsp3) is 0.571. The van der Waals surface area contributed by atoms with Crippen LogP contribution in [0.25, 0.3) is 0 Å². The highest BCUT2D eigenvalue weighted by atomic mass is 32.2. The van der Waals surface area contributed by atoms with Crippen molar-refractivity contribution < 1.29 is 0 Å². The molecule has 0 bridgehead atoms. The molecule has 18 heavy (non-hydrogen) atoms. The molecule has 1 aromatic rings. The monoisotopic (exact) mass is 263 g/mol. The highest BCUT2D eigenvalue weighted by Gasteiger charge is 2.33. The lowest BCUT2D eigenvalue weighted by Gasteiger charge is -2.25. The molecule has 1 atom stereocenters. The Kier molecular flexibility index (Phi) is 4.27. The van der Waals surface area contributed by atoms with Gasteiger partial charge in [-0.2, -0.15) is 0 Å². The first kappa shape index (κ1) is 13.4. The molecule has 1 saturated heterocycles. The van der Waals surface area contributed by atoms with Crippen LogP contribution < -0.4 is 5.32 Å². The lowest BCUT2D eigenvalue weighted by Crippen LogP contribution is -2.42. The summed E-state index contributed by atoms with van der Waals surface area (Å²) in [6, 6.07) is 4.20. The molecule has 1 aliphatic rings. The van der Waals surface area contributed by atoms with E-state index in [1.54, 1.807) is 6.20 Å². The molecular weight excluding hydrogens is 242 g/mol. The molecule has 1 aliphatic heterocycles. The summed E-state index contributed by atoms with van der Waals surface area (Å²) < 4.78 is 0. The van der Waals surface area contributed by atoms with Crippen LogP contribution in [0.15, 0.2) is 29.5 Å². The maximum atomic E-state index is 4.77. The Hall–Kier alpha value is -1.03. The Labute approximate surface area is 113 Å². The van der Waals surface area contributed by atoms with Crippen LogP contribution in [0.1, 0.15) is 45.2 Å². The van der Waals surface area contributed by atoms with E-state index in [-0.39, 0.29) is 11.6 Å². The fourth-order valence-electron chi connectivity index (χ4n) is 2.08. The topological polar surface area (TPSA) is 37.3 Å². The molecule has 0 aromatic carbocycles. The summed E-state index contributed by atoms with van der Waals surface area (Å²) in [5, 5.41) is 4.68. The molecule has 0 saturated carbocycles. The Balaban J connectivity index is 2.07. The molecule has 3 nitrogen and oxygen atoms in total. The number of nitrogens with zero attached hydrogens (tertiary/aromatic N) is 2. The van der Waals surface area contributed by atoms with Crippen LogP contribution in [0.4, 0.5) is 0 Å². The van der Waals surface area contributed by atoms with Gasteiger partial charge in [0, 0.05) is 23.7 Å². The summed E-state index contributed by atoms with van der Waals surface area (Å²) in [6.45, 7) is 6.60. The average molecular weight is 263 g/mol. The van der Waals surface area contributed by atoms with Crippen molar-refractivity contribution in [3.63, 3.8) is 0 Å². The maximum Gasteiger partial charge on any atom is 0.157 e. The van der Waals surface area contributed by atoms with Crippen molar-refractivity contribution in [1.29, 1.82) is 0 Å². The molecule has 1 unspecified atom stereocenters. The van der Waals surface area contributed by atoms with Gasteiger partial charge in [-0.3, -0.25) is 9.98 Å². The van der Waals surface area contributed by atoms with Crippen molar-refractivity contribution in [3.8, 4) is 0 Å². The molecule has 0 spiro atoms. The van der Waals surface area contributed by atoms with Crippen molar-refractivity contribution in [1.82, 2.24) is 10.3 Å². The second kappa shape index (κ2) is 5.74. The van der Waals surface area contributed by atoms with Crippen molar-refractivity contribution in [3.05, 3.63) is 30.1 Å². The van der Waals surface area contributed by atoms with E-state index < -0.39 is 0 Å². The number of amidine groups is 1. The van der Waals surface area contributed by atoms with Crippen LogP contribution in [-0.4, -0.2) is 21.4 Å². The molecule has 1 fully saturated rings. The number of nitrogens with one attached hydrogen (secondary N) is 1. The summed E-state index contributed by atoms with van der Waals surface area (Å²) in [6.07, 6.45) is 5.99. The first-order chi connectivity index (χ1) is 8.69. The smallest absolute Gasteiger partial charge is 0.157 e. The molecule has 0 aliphatic carbocycles. The Morgan fingerprint density at radius 3 is 2.83 bits per heavy atom. The standard InChI is InChI=1S/C14H21N3S/c1-4-14(5-2)10-18-13(17-14)16-11(3)12-7-6-8-15-9-12/h6-9,11H,4-5,10H2,1-3H3,(H,16,17). The van der Waals surface area contributed by atoms with Crippen LogP contribution in [0.3, 0.4) is 0 Å². The second-order valence-electron chi connectivity index (χ2n) is 4.80. The number of hydrogen-bond donors (Lipinski definition) is 1. The summed E-state index contributed by atoms with van der Waals surface area (Å²) in [4.78, 5) is 8.91. The number of pyridine rings is 1. The predicted molar refractivity (Wildman–Crippen MR) is 79.0 cm³/mol. The molecule has 1 aromatic heterocycles. The first-order valence-electron chi connectivity index (χ1n) is 6.58. The van der Waals surface area contributed by atoms with Crippen molar-refractivity contribution >= 4 is 16.9 Å². The number of hydrogen-bond acceptors (Lipinski definition) is 3. The van der Waals surface area contributed by atoms with Crippen LogP contribution in [-0.2, 0) is 0 Å². The van der Waals surface area contributed by atoms with E-state index in [2.05, 4.69) is 37.1 Å². The van der Waals surface area contributed by atoms with Gasteiger partial charge in [0.15, 0.2) is 5.17 Å². The van der Waals surface area contributed by atoms with Crippen LogP contribution >= 0.6 is 11.8 Å². The Morgan fingerprint density at radius 1 is 1.50 bits per heavy atom.